The second kappa shape index (κ2) is 9.64. The Morgan fingerprint density at radius 1 is 1.18 bits per heavy atom. The van der Waals surface area contributed by atoms with Gasteiger partial charge in [0.1, 0.15) is 5.75 Å². The highest BCUT2D eigenvalue weighted by molar-refractivity contribution is 5.79. The molecule has 9 heteroatoms. The summed E-state index contributed by atoms with van der Waals surface area (Å²) in [6.07, 6.45) is -2.19. The van der Waals surface area contributed by atoms with Crippen LogP contribution in [0.3, 0.4) is 0 Å². The number of amides is 1. The van der Waals surface area contributed by atoms with E-state index < -0.39 is 11.7 Å². The van der Waals surface area contributed by atoms with Gasteiger partial charge in [0.25, 0.3) is 5.89 Å². The molecule has 0 bridgehead atoms. The largest absolute Gasteiger partial charge is 0.494 e. The van der Waals surface area contributed by atoms with Crippen LogP contribution in [0.2, 0.25) is 0 Å². The SMILES string of the molecule is CCCCOc1ccc(-c2nc(C3CC(=O)N(Cc4cccc(C(F)(F)F)c4)C3)no2)cc1. The lowest BCUT2D eigenvalue weighted by Crippen LogP contribution is -2.24. The van der Waals surface area contributed by atoms with E-state index in [4.69, 9.17) is 9.26 Å². The van der Waals surface area contributed by atoms with Gasteiger partial charge in [-0.05, 0) is 48.4 Å². The molecule has 6 nitrogen and oxygen atoms in total. The van der Waals surface area contributed by atoms with Crippen molar-refractivity contribution in [1.82, 2.24) is 15.0 Å². The van der Waals surface area contributed by atoms with Crippen molar-refractivity contribution in [1.29, 1.82) is 0 Å². The molecule has 1 aliphatic rings. The van der Waals surface area contributed by atoms with E-state index in [9.17, 15) is 18.0 Å². The predicted octanol–water partition coefficient (Wildman–Crippen LogP) is 5.45. The van der Waals surface area contributed by atoms with E-state index in [0.717, 1.165) is 36.3 Å². The van der Waals surface area contributed by atoms with Gasteiger partial charge >= 0.3 is 6.18 Å². The minimum atomic E-state index is -4.42. The van der Waals surface area contributed by atoms with Crippen LogP contribution in [-0.2, 0) is 17.5 Å². The normalized spacial score (nSPS) is 16.4. The Labute approximate surface area is 189 Å². The monoisotopic (exact) mass is 459 g/mol. The molecule has 2 heterocycles. The first-order valence-corrected chi connectivity index (χ1v) is 10.8. The van der Waals surface area contributed by atoms with Crippen molar-refractivity contribution >= 4 is 5.91 Å². The van der Waals surface area contributed by atoms with Crippen molar-refractivity contribution in [2.24, 2.45) is 0 Å². The van der Waals surface area contributed by atoms with Crippen LogP contribution >= 0.6 is 0 Å². The molecule has 174 valence electrons. The van der Waals surface area contributed by atoms with E-state index in [1.54, 1.807) is 6.07 Å². The summed E-state index contributed by atoms with van der Waals surface area (Å²) in [4.78, 5) is 18.4. The number of hydrogen-bond donors (Lipinski definition) is 0. The standard InChI is InChI=1S/C24H24F3N3O3/c1-2-3-11-32-20-9-7-17(8-10-20)23-28-22(29-33-23)18-13-21(31)30(15-18)14-16-5-4-6-19(12-16)24(25,26)27/h4-10,12,18H,2-3,11,13-15H2,1H3. The van der Waals surface area contributed by atoms with E-state index in [1.807, 2.05) is 24.3 Å². The Hall–Kier alpha value is -3.36. The number of halogens is 3. The summed E-state index contributed by atoms with van der Waals surface area (Å²) < 4.78 is 49.9. The van der Waals surface area contributed by atoms with Gasteiger partial charge in [-0.15, -0.1) is 0 Å². The Balaban J connectivity index is 1.40. The van der Waals surface area contributed by atoms with Crippen molar-refractivity contribution in [3.05, 3.63) is 65.5 Å². The molecule has 1 aliphatic heterocycles. The van der Waals surface area contributed by atoms with E-state index in [1.165, 1.54) is 11.0 Å². The number of aromatic nitrogens is 2. The van der Waals surface area contributed by atoms with Crippen LogP contribution in [0.5, 0.6) is 5.75 Å². The minimum Gasteiger partial charge on any atom is -0.494 e. The van der Waals surface area contributed by atoms with Crippen LogP contribution < -0.4 is 4.74 Å². The number of nitrogens with zero attached hydrogens (tertiary/aromatic N) is 3. The summed E-state index contributed by atoms with van der Waals surface area (Å²) in [5.74, 6) is 1.08. The Bertz CT molecular complexity index is 1100. The van der Waals surface area contributed by atoms with Crippen molar-refractivity contribution in [3.8, 4) is 17.2 Å². The van der Waals surface area contributed by atoms with Gasteiger partial charge in [0.2, 0.25) is 5.91 Å². The molecule has 4 rings (SSSR count). The lowest BCUT2D eigenvalue weighted by molar-refractivity contribution is -0.137. The van der Waals surface area contributed by atoms with Crippen molar-refractivity contribution in [3.63, 3.8) is 0 Å². The minimum absolute atomic E-state index is 0.101. The zero-order chi connectivity index (χ0) is 23.4. The molecule has 33 heavy (non-hydrogen) atoms. The molecule has 0 saturated carbocycles. The molecule has 1 unspecified atom stereocenters. The second-order valence-electron chi connectivity index (χ2n) is 8.06. The van der Waals surface area contributed by atoms with Crippen molar-refractivity contribution in [2.75, 3.05) is 13.2 Å². The molecule has 1 amide bonds. The Morgan fingerprint density at radius 3 is 2.70 bits per heavy atom. The molecular formula is C24H24F3N3O3. The van der Waals surface area contributed by atoms with Gasteiger partial charge in [-0.2, -0.15) is 18.2 Å². The third-order valence-corrected chi connectivity index (χ3v) is 5.52. The topological polar surface area (TPSA) is 68.5 Å². The second-order valence-corrected chi connectivity index (χ2v) is 8.06. The summed E-state index contributed by atoms with van der Waals surface area (Å²) in [6.45, 7) is 3.18. The van der Waals surface area contributed by atoms with Gasteiger partial charge in [-0.25, -0.2) is 0 Å². The first-order chi connectivity index (χ1) is 15.8. The highest BCUT2D eigenvalue weighted by Crippen LogP contribution is 2.32. The maximum atomic E-state index is 13.0. The van der Waals surface area contributed by atoms with E-state index in [-0.39, 0.29) is 24.8 Å². The van der Waals surface area contributed by atoms with Gasteiger partial charge in [0.05, 0.1) is 12.2 Å². The van der Waals surface area contributed by atoms with E-state index in [2.05, 4.69) is 17.1 Å². The number of unbranched alkanes of at least 4 members (excludes halogenated alkanes) is 1. The number of benzene rings is 2. The average molecular weight is 459 g/mol. The molecule has 1 saturated heterocycles. The molecule has 1 atom stereocenters. The highest BCUT2D eigenvalue weighted by Gasteiger charge is 2.35. The van der Waals surface area contributed by atoms with Crippen LogP contribution in [0.1, 0.15) is 49.1 Å². The van der Waals surface area contributed by atoms with E-state index >= 15 is 0 Å². The lowest BCUT2D eigenvalue weighted by atomic mass is 10.1. The molecular weight excluding hydrogens is 435 g/mol. The van der Waals surface area contributed by atoms with Gasteiger partial charge in [-0.3, -0.25) is 4.79 Å². The number of hydrogen-bond acceptors (Lipinski definition) is 5. The van der Waals surface area contributed by atoms with Crippen LogP contribution in [-0.4, -0.2) is 34.1 Å². The van der Waals surface area contributed by atoms with E-state index in [0.29, 0.717) is 30.4 Å². The first kappa shape index (κ1) is 22.8. The number of carbonyl (C=O) groups is 1. The fraction of sp³-hybridized carbons (Fsp3) is 0.375. The van der Waals surface area contributed by atoms with Crippen LogP contribution in [0.25, 0.3) is 11.5 Å². The lowest BCUT2D eigenvalue weighted by Gasteiger charge is -2.17. The fourth-order valence-electron chi connectivity index (χ4n) is 3.71. The Morgan fingerprint density at radius 2 is 1.97 bits per heavy atom. The third kappa shape index (κ3) is 5.53. The van der Waals surface area contributed by atoms with Gasteiger partial charge in [0, 0.05) is 31.0 Å². The van der Waals surface area contributed by atoms with Crippen LogP contribution in [0, 0.1) is 0 Å². The molecule has 2 aromatic carbocycles. The molecule has 1 fully saturated rings. The number of ether oxygens (including phenoxy) is 1. The summed E-state index contributed by atoms with van der Waals surface area (Å²) in [5.41, 5.74) is 0.434. The number of likely N-dealkylation sites (tertiary alicyclic amines) is 1. The molecule has 1 aromatic heterocycles. The van der Waals surface area contributed by atoms with Crippen LogP contribution in [0.15, 0.2) is 53.1 Å². The zero-order valence-electron chi connectivity index (χ0n) is 18.1. The fourth-order valence-corrected chi connectivity index (χ4v) is 3.71. The third-order valence-electron chi connectivity index (χ3n) is 5.52. The quantitative estimate of drug-likeness (QED) is 0.419. The molecule has 0 spiro atoms. The molecule has 0 N–H and O–H groups in total. The maximum absolute atomic E-state index is 13.0. The molecule has 3 aromatic rings. The highest BCUT2D eigenvalue weighted by atomic mass is 19.4. The predicted molar refractivity (Wildman–Crippen MR) is 114 cm³/mol. The van der Waals surface area contributed by atoms with Crippen LogP contribution in [0.4, 0.5) is 13.2 Å². The maximum Gasteiger partial charge on any atom is 0.416 e. The smallest absolute Gasteiger partial charge is 0.416 e. The van der Waals surface area contributed by atoms with Crippen molar-refractivity contribution in [2.45, 2.75) is 44.8 Å². The first-order valence-electron chi connectivity index (χ1n) is 10.8. The Kier molecular flexibility index (Phi) is 6.67. The number of carbonyl (C=O) groups excluding carboxylic acids is 1. The zero-order valence-corrected chi connectivity index (χ0v) is 18.1. The van der Waals surface area contributed by atoms with Gasteiger partial charge < -0.3 is 14.2 Å². The summed E-state index contributed by atoms with van der Waals surface area (Å²) in [7, 11) is 0. The number of rotatable bonds is 8. The molecule has 0 radical (unpaired) electrons. The molecule has 0 aliphatic carbocycles. The summed E-state index contributed by atoms with van der Waals surface area (Å²) >= 11 is 0. The average Bonchev–Trinajstić information content (AvgIpc) is 3.41. The summed E-state index contributed by atoms with van der Waals surface area (Å²) in [6, 6.07) is 12.4. The van der Waals surface area contributed by atoms with Crippen molar-refractivity contribution < 1.29 is 27.2 Å². The number of alkyl halides is 3. The van der Waals surface area contributed by atoms with Gasteiger partial charge in [0.15, 0.2) is 5.82 Å². The summed E-state index contributed by atoms with van der Waals surface area (Å²) in [5, 5.41) is 4.04. The van der Waals surface area contributed by atoms with Gasteiger partial charge in [-0.1, -0.05) is 30.6 Å².